The molecule has 2 aromatic carbocycles. The number of nitrogens with one attached hydrogen (secondary N) is 2. The zero-order valence-electron chi connectivity index (χ0n) is 13.5. The quantitative estimate of drug-likeness (QED) is 0.672. The van der Waals surface area contributed by atoms with Gasteiger partial charge >= 0.3 is 0 Å². The van der Waals surface area contributed by atoms with E-state index in [0.717, 1.165) is 11.3 Å². The van der Waals surface area contributed by atoms with Crippen LogP contribution in [-0.2, 0) is 4.79 Å². The van der Waals surface area contributed by atoms with E-state index >= 15 is 0 Å². The summed E-state index contributed by atoms with van der Waals surface area (Å²) in [5.74, 6) is -1.06. The van der Waals surface area contributed by atoms with Crippen molar-refractivity contribution in [3.63, 3.8) is 0 Å². The average molecular weight is 390 g/mol. The summed E-state index contributed by atoms with van der Waals surface area (Å²) < 4.78 is 13.8. The minimum absolute atomic E-state index is 0.235. The molecule has 0 aliphatic rings. The highest BCUT2D eigenvalue weighted by molar-refractivity contribution is 7.17. The van der Waals surface area contributed by atoms with Crippen molar-refractivity contribution in [2.75, 3.05) is 10.6 Å². The number of hydrogen-bond donors (Lipinski definition) is 2. The fraction of sp³-hybridized carbons (Fsp3) is 0.0556. The molecule has 0 fully saturated rings. The summed E-state index contributed by atoms with van der Waals surface area (Å²) in [6, 6.07) is 11.0. The molecule has 0 unspecified atom stereocenters. The number of halogens is 2. The minimum Gasteiger partial charge on any atom is -0.326 e. The molecule has 1 aromatic heterocycles. The maximum absolute atomic E-state index is 13.8. The summed E-state index contributed by atoms with van der Waals surface area (Å²) in [6.45, 7) is 1.38. The number of hydrogen-bond acceptors (Lipinski definition) is 4. The second-order valence-electron chi connectivity index (χ2n) is 5.34. The molecule has 0 radical (unpaired) electrons. The van der Waals surface area contributed by atoms with Gasteiger partial charge in [0.15, 0.2) is 0 Å². The van der Waals surface area contributed by atoms with E-state index in [0.29, 0.717) is 31.8 Å². The largest absolute Gasteiger partial charge is 0.326 e. The molecule has 0 aliphatic heterocycles. The van der Waals surface area contributed by atoms with Gasteiger partial charge in [0, 0.05) is 18.2 Å². The molecule has 0 bridgehead atoms. The predicted molar refractivity (Wildman–Crippen MR) is 101 cm³/mol. The number of rotatable bonds is 4. The van der Waals surface area contributed by atoms with Crippen molar-refractivity contribution in [1.29, 1.82) is 0 Å². The lowest BCUT2D eigenvalue weighted by molar-refractivity contribution is -0.114. The van der Waals surface area contributed by atoms with E-state index in [4.69, 9.17) is 11.6 Å². The van der Waals surface area contributed by atoms with E-state index in [1.807, 2.05) is 0 Å². The maximum Gasteiger partial charge on any atom is 0.267 e. The number of nitrogens with zero attached hydrogens (tertiary/aromatic N) is 1. The maximum atomic E-state index is 13.8. The van der Waals surface area contributed by atoms with Gasteiger partial charge in [-0.1, -0.05) is 23.7 Å². The summed E-state index contributed by atoms with van der Waals surface area (Å²) in [5, 5.41) is 6.02. The molecule has 0 saturated heterocycles. The van der Waals surface area contributed by atoms with E-state index < -0.39 is 11.7 Å². The normalized spacial score (nSPS) is 10.4. The van der Waals surface area contributed by atoms with Gasteiger partial charge < -0.3 is 10.6 Å². The van der Waals surface area contributed by atoms with Crippen LogP contribution in [0.4, 0.5) is 15.8 Å². The second-order valence-corrected chi connectivity index (χ2v) is 6.78. The molecular weight excluding hydrogens is 377 g/mol. The lowest BCUT2D eigenvalue weighted by Crippen LogP contribution is -2.11. The van der Waals surface area contributed by atoms with E-state index in [1.165, 1.54) is 19.2 Å². The van der Waals surface area contributed by atoms with E-state index in [1.54, 1.807) is 36.4 Å². The second kappa shape index (κ2) is 7.63. The monoisotopic (exact) mass is 389 g/mol. The van der Waals surface area contributed by atoms with Crippen molar-refractivity contribution >= 4 is 46.1 Å². The third kappa shape index (κ3) is 4.07. The highest BCUT2D eigenvalue weighted by atomic mass is 35.5. The van der Waals surface area contributed by atoms with Crippen molar-refractivity contribution in [1.82, 2.24) is 4.98 Å². The van der Waals surface area contributed by atoms with Crippen LogP contribution in [0.3, 0.4) is 0 Å². The Morgan fingerprint density at radius 1 is 1.15 bits per heavy atom. The number of carbonyl (C=O) groups excluding carboxylic acids is 2. The van der Waals surface area contributed by atoms with Crippen LogP contribution in [0.15, 0.2) is 48.7 Å². The third-order valence-corrected chi connectivity index (χ3v) is 4.73. The Labute approximate surface area is 157 Å². The SMILES string of the molecule is CC(=O)Nc1ccc(Cl)c(NC(=O)c2cnc(-c3ccccc3F)s2)c1. The first kappa shape index (κ1) is 18.0. The van der Waals surface area contributed by atoms with Crippen LogP contribution in [0.2, 0.25) is 5.02 Å². The number of benzene rings is 2. The molecule has 8 heteroatoms. The summed E-state index contributed by atoms with van der Waals surface area (Å²) in [7, 11) is 0. The number of aromatic nitrogens is 1. The van der Waals surface area contributed by atoms with Crippen molar-refractivity contribution < 1.29 is 14.0 Å². The highest BCUT2D eigenvalue weighted by Crippen LogP contribution is 2.29. The van der Waals surface area contributed by atoms with Gasteiger partial charge in [-0.15, -0.1) is 11.3 Å². The number of carbonyl (C=O) groups is 2. The van der Waals surface area contributed by atoms with Crippen molar-refractivity contribution in [2.24, 2.45) is 0 Å². The minimum atomic E-state index is -0.424. The van der Waals surface area contributed by atoms with Crippen LogP contribution in [-0.4, -0.2) is 16.8 Å². The van der Waals surface area contributed by atoms with Gasteiger partial charge in [0.2, 0.25) is 5.91 Å². The van der Waals surface area contributed by atoms with Gasteiger partial charge in [-0.2, -0.15) is 0 Å². The Hall–Kier alpha value is -2.77. The molecule has 3 rings (SSSR count). The summed E-state index contributed by atoms with van der Waals surface area (Å²) >= 11 is 7.17. The van der Waals surface area contributed by atoms with Crippen LogP contribution < -0.4 is 10.6 Å². The van der Waals surface area contributed by atoms with Crippen molar-refractivity contribution in [3.05, 3.63) is 64.4 Å². The highest BCUT2D eigenvalue weighted by Gasteiger charge is 2.15. The standard InChI is InChI=1S/C18H13ClFN3O2S/c1-10(24)22-11-6-7-13(19)15(8-11)23-17(25)16-9-21-18(26-16)12-4-2-3-5-14(12)20/h2-9H,1H3,(H,22,24)(H,23,25). The molecule has 5 nitrogen and oxygen atoms in total. The predicted octanol–water partition coefficient (Wildman–Crippen LogP) is 4.81. The smallest absolute Gasteiger partial charge is 0.267 e. The molecule has 26 heavy (non-hydrogen) atoms. The lowest BCUT2D eigenvalue weighted by atomic mass is 10.2. The van der Waals surface area contributed by atoms with Crippen molar-refractivity contribution in [3.8, 4) is 10.6 Å². The molecular formula is C18H13ClFN3O2S. The van der Waals surface area contributed by atoms with Crippen LogP contribution in [0, 0.1) is 5.82 Å². The molecule has 2 N–H and O–H groups in total. The summed E-state index contributed by atoms with van der Waals surface area (Å²) in [5.41, 5.74) is 1.19. The third-order valence-electron chi connectivity index (χ3n) is 3.37. The first-order valence-corrected chi connectivity index (χ1v) is 8.72. The van der Waals surface area contributed by atoms with Crippen LogP contribution >= 0.6 is 22.9 Å². The molecule has 0 saturated carbocycles. The summed E-state index contributed by atoms with van der Waals surface area (Å²) in [6.07, 6.45) is 1.38. The van der Waals surface area contributed by atoms with Gasteiger partial charge in [-0.05, 0) is 30.3 Å². The number of anilines is 2. The first-order chi connectivity index (χ1) is 12.4. The fourth-order valence-corrected chi connectivity index (χ4v) is 3.23. The zero-order valence-corrected chi connectivity index (χ0v) is 15.1. The zero-order chi connectivity index (χ0) is 18.7. The molecule has 0 aliphatic carbocycles. The van der Waals surface area contributed by atoms with Gasteiger partial charge in [-0.25, -0.2) is 9.37 Å². The van der Waals surface area contributed by atoms with Crippen molar-refractivity contribution in [2.45, 2.75) is 6.92 Å². The van der Waals surface area contributed by atoms with Crippen LogP contribution in [0.5, 0.6) is 0 Å². The van der Waals surface area contributed by atoms with Crippen LogP contribution in [0.25, 0.3) is 10.6 Å². The van der Waals surface area contributed by atoms with Gasteiger partial charge in [0.25, 0.3) is 5.91 Å². The molecule has 0 spiro atoms. The Balaban J connectivity index is 1.81. The fourth-order valence-electron chi connectivity index (χ4n) is 2.22. The summed E-state index contributed by atoms with van der Waals surface area (Å²) in [4.78, 5) is 28.0. The van der Waals surface area contributed by atoms with E-state index in [-0.39, 0.29) is 5.91 Å². The molecule has 2 amide bonds. The molecule has 1 heterocycles. The average Bonchev–Trinajstić information content (AvgIpc) is 3.08. The van der Waals surface area contributed by atoms with Gasteiger partial charge in [0.1, 0.15) is 15.7 Å². The Bertz CT molecular complexity index is 990. The molecule has 132 valence electrons. The Kier molecular flexibility index (Phi) is 5.29. The number of thiazole rings is 1. The van der Waals surface area contributed by atoms with Gasteiger partial charge in [0.05, 0.1) is 16.9 Å². The Morgan fingerprint density at radius 3 is 2.65 bits per heavy atom. The lowest BCUT2D eigenvalue weighted by Gasteiger charge is -2.09. The van der Waals surface area contributed by atoms with E-state index in [2.05, 4.69) is 15.6 Å². The van der Waals surface area contributed by atoms with Gasteiger partial charge in [-0.3, -0.25) is 9.59 Å². The molecule has 0 atom stereocenters. The van der Waals surface area contributed by atoms with Crippen LogP contribution in [0.1, 0.15) is 16.6 Å². The first-order valence-electron chi connectivity index (χ1n) is 7.53. The van der Waals surface area contributed by atoms with E-state index in [9.17, 15) is 14.0 Å². The molecule has 3 aromatic rings. The number of amides is 2. The topological polar surface area (TPSA) is 71.1 Å². The Morgan fingerprint density at radius 2 is 1.92 bits per heavy atom.